The summed E-state index contributed by atoms with van der Waals surface area (Å²) in [6.07, 6.45) is 0. The molecule has 2 aromatic heterocycles. The smallest absolute Gasteiger partial charge is 0.266 e. The first-order valence-electron chi connectivity index (χ1n) is 9.89. The second kappa shape index (κ2) is 8.83. The van der Waals surface area contributed by atoms with Gasteiger partial charge in [-0.1, -0.05) is 30.0 Å². The highest BCUT2D eigenvalue weighted by Crippen LogP contribution is 2.34. The highest BCUT2D eigenvalue weighted by molar-refractivity contribution is 7.99. The van der Waals surface area contributed by atoms with Crippen LogP contribution in [0.2, 0.25) is 0 Å². The zero-order valence-corrected chi connectivity index (χ0v) is 19.0. The van der Waals surface area contributed by atoms with Gasteiger partial charge >= 0.3 is 0 Å². The summed E-state index contributed by atoms with van der Waals surface area (Å²) in [5.41, 5.74) is 7.01. The van der Waals surface area contributed by atoms with Gasteiger partial charge in [0.15, 0.2) is 5.16 Å². The maximum absolute atomic E-state index is 13.5. The summed E-state index contributed by atoms with van der Waals surface area (Å²) in [4.78, 5) is 33.0. The third kappa shape index (κ3) is 4.22. The molecule has 0 aliphatic carbocycles. The molecule has 0 saturated carbocycles. The second-order valence-corrected chi connectivity index (χ2v) is 8.57. The van der Waals surface area contributed by atoms with Crippen LogP contribution in [-0.2, 0) is 0 Å². The fourth-order valence-electron chi connectivity index (χ4n) is 3.16. The number of ether oxygens (including phenoxy) is 1. The van der Waals surface area contributed by atoms with Crippen molar-refractivity contribution in [1.82, 2.24) is 24.5 Å². The van der Waals surface area contributed by atoms with E-state index in [1.807, 2.05) is 57.4 Å². The number of nitrogen functional groups attached to an aromatic ring is 1. The number of aromatic nitrogens is 5. The number of para-hydroxylation sites is 1. The molecule has 0 spiro atoms. The molecular weight excluding hydrogens is 426 g/mol. The number of hydrogen-bond donors (Lipinski definition) is 1. The molecule has 0 saturated heterocycles. The van der Waals surface area contributed by atoms with Gasteiger partial charge in [0, 0.05) is 20.2 Å². The number of methoxy groups -OCH3 is 1. The van der Waals surface area contributed by atoms with Gasteiger partial charge < -0.3 is 15.4 Å². The zero-order chi connectivity index (χ0) is 22.8. The highest BCUT2D eigenvalue weighted by Gasteiger charge is 2.20. The Hall–Kier alpha value is -3.66. The van der Waals surface area contributed by atoms with E-state index in [0.29, 0.717) is 39.3 Å². The van der Waals surface area contributed by atoms with E-state index < -0.39 is 0 Å². The van der Waals surface area contributed by atoms with Gasteiger partial charge in [-0.2, -0.15) is 15.0 Å². The van der Waals surface area contributed by atoms with Gasteiger partial charge in [0.1, 0.15) is 11.6 Å². The summed E-state index contributed by atoms with van der Waals surface area (Å²) in [5, 5.41) is 0.801. The van der Waals surface area contributed by atoms with Gasteiger partial charge in [0.05, 0.1) is 29.0 Å². The van der Waals surface area contributed by atoms with Gasteiger partial charge in [-0.3, -0.25) is 9.36 Å². The topological polar surface area (TPSA) is 112 Å². The molecule has 0 bridgehead atoms. The van der Waals surface area contributed by atoms with Gasteiger partial charge in [0.25, 0.3) is 5.56 Å². The Morgan fingerprint density at radius 1 is 1.06 bits per heavy atom. The van der Waals surface area contributed by atoms with Crippen LogP contribution in [0, 0.1) is 0 Å². The predicted octanol–water partition coefficient (Wildman–Crippen LogP) is 3.08. The minimum atomic E-state index is -0.246. The van der Waals surface area contributed by atoms with Crippen LogP contribution in [0.1, 0.15) is 18.0 Å². The van der Waals surface area contributed by atoms with Crippen LogP contribution < -0.4 is 20.9 Å². The van der Waals surface area contributed by atoms with Gasteiger partial charge in [-0.05, 0) is 31.2 Å². The Morgan fingerprint density at radius 3 is 2.59 bits per heavy atom. The van der Waals surface area contributed by atoms with E-state index >= 15 is 0 Å². The predicted molar refractivity (Wildman–Crippen MR) is 127 cm³/mol. The SMILES string of the molecule is COc1cccc(-n2c(S[C@@H](C)c3nc(N)nc(N(C)C)n3)nc3ccccc3c2=O)c1. The molecule has 2 heterocycles. The molecule has 0 radical (unpaired) electrons. The van der Waals surface area contributed by atoms with Crippen molar-refractivity contribution in [2.45, 2.75) is 17.3 Å². The van der Waals surface area contributed by atoms with Crippen molar-refractivity contribution in [1.29, 1.82) is 0 Å². The van der Waals surface area contributed by atoms with E-state index in [9.17, 15) is 4.79 Å². The molecule has 164 valence electrons. The number of nitrogens with zero attached hydrogens (tertiary/aromatic N) is 6. The summed E-state index contributed by atoms with van der Waals surface area (Å²) in [6, 6.07) is 14.6. The largest absolute Gasteiger partial charge is 0.497 e. The Bertz CT molecular complexity index is 1340. The third-order valence-corrected chi connectivity index (χ3v) is 5.81. The minimum Gasteiger partial charge on any atom is -0.497 e. The Labute approximate surface area is 189 Å². The average Bonchev–Trinajstić information content (AvgIpc) is 2.79. The van der Waals surface area contributed by atoms with Crippen molar-refractivity contribution in [2.24, 2.45) is 0 Å². The average molecular weight is 450 g/mol. The monoisotopic (exact) mass is 449 g/mol. The van der Waals surface area contributed by atoms with Crippen molar-refractivity contribution < 1.29 is 4.74 Å². The Morgan fingerprint density at radius 2 is 1.84 bits per heavy atom. The van der Waals surface area contributed by atoms with E-state index in [0.717, 1.165) is 0 Å². The van der Waals surface area contributed by atoms with E-state index in [2.05, 4.69) is 15.0 Å². The first kappa shape index (κ1) is 21.6. The lowest BCUT2D eigenvalue weighted by Gasteiger charge is -2.17. The molecule has 0 amide bonds. The van der Waals surface area contributed by atoms with Crippen LogP contribution in [0.3, 0.4) is 0 Å². The van der Waals surface area contributed by atoms with Gasteiger partial charge in [-0.15, -0.1) is 0 Å². The van der Waals surface area contributed by atoms with E-state index in [-0.39, 0.29) is 16.8 Å². The molecule has 2 aromatic carbocycles. The van der Waals surface area contributed by atoms with E-state index in [1.54, 1.807) is 28.7 Å². The van der Waals surface area contributed by atoms with E-state index in [4.69, 9.17) is 15.5 Å². The van der Waals surface area contributed by atoms with Gasteiger partial charge in [-0.25, -0.2) is 4.98 Å². The number of nitrogens with two attached hydrogens (primary N) is 1. The fraction of sp³-hybridized carbons (Fsp3) is 0.227. The molecule has 4 aromatic rings. The third-order valence-electron chi connectivity index (χ3n) is 4.76. The van der Waals surface area contributed by atoms with Gasteiger partial charge in [0.2, 0.25) is 11.9 Å². The number of hydrogen-bond acceptors (Lipinski definition) is 9. The first-order chi connectivity index (χ1) is 15.4. The molecule has 1 atom stereocenters. The van der Waals surface area contributed by atoms with Crippen LogP contribution in [0.25, 0.3) is 16.6 Å². The maximum atomic E-state index is 13.5. The molecule has 0 fully saturated rings. The van der Waals surface area contributed by atoms with Crippen LogP contribution in [0.4, 0.5) is 11.9 Å². The molecule has 0 aliphatic rings. The van der Waals surface area contributed by atoms with Crippen LogP contribution in [0.15, 0.2) is 58.5 Å². The normalized spacial score (nSPS) is 12.0. The lowest BCUT2D eigenvalue weighted by molar-refractivity contribution is 0.414. The number of anilines is 2. The summed E-state index contributed by atoms with van der Waals surface area (Å²) >= 11 is 1.37. The summed E-state index contributed by atoms with van der Waals surface area (Å²) < 4.78 is 6.94. The first-order valence-corrected chi connectivity index (χ1v) is 10.8. The molecule has 0 aliphatic heterocycles. The number of fused-ring (bicyclic) bond motifs is 1. The standard InChI is InChI=1S/C22H23N7O2S/c1-13(18-25-20(23)27-21(26-18)28(2)3)32-22-24-17-11-6-5-10-16(17)19(30)29(22)14-8-7-9-15(12-14)31-4/h5-13H,1-4H3,(H2,23,25,26,27)/t13-/m0/s1. The van der Waals surface area contributed by atoms with Crippen LogP contribution >= 0.6 is 11.8 Å². The Kier molecular flexibility index (Phi) is 5.95. The van der Waals surface area contributed by atoms with Crippen molar-refractivity contribution in [3.63, 3.8) is 0 Å². The number of thioether (sulfide) groups is 1. The van der Waals surface area contributed by atoms with E-state index in [1.165, 1.54) is 11.8 Å². The zero-order valence-electron chi connectivity index (χ0n) is 18.2. The van der Waals surface area contributed by atoms with Crippen LogP contribution in [0.5, 0.6) is 5.75 Å². The molecular formula is C22H23N7O2S. The molecule has 4 rings (SSSR count). The summed E-state index contributed by atoms with van der Waals surface area (Å²) in [5.74, 6) is 1.76. The lowest BCUT2D eigenvalue weighted by atomic mass is 10.2. The maximum Gasteiger partial charge on any atom is 0.266 e. The van der Waals surface area contributed by atoms with Crippen LogP contribution in [-0.4, -0.2) is 45.7 Å². The molecule has 0 unspecified atom stereocenters. The molecule has 32 heavy (non-hydrogen) atoms. The van der Waals surface area contributed by atoms with Crippen molar-refractivity contribution in [2.75, 3.05) is 31.8 Å². The highest BCUT2D eigenvalue weighted by atomic mass is 32.2. The number of benzene rings is 2. The Balaban J connectivity index is 1.85. The number of rotatable bonds is 6. The second-order valence-electron chi connectivity index (χ2n) is 7.26. The van der Waals surface area contributed by atoms with Crippen molar-refractivity contribution in [3.8, 4) is 11.4 Å². The lowest BCUT2D eigenvalue weighted by Crippen LogP contribution is -2.22. The molecule has 10 heteroatoms. The van der Waals surface area contributed by atoms with Crippen molar-refractivity contribution in [3.05, 3.63) is 64.7 Å². The molecule has 9 nitrogen and oxygen atoms in total. The van der Waals surface area contributed by atoms with Crippen molar-refractivity contribution >= 4 is 34.6 Å². The fourth-order valence-corrected chi connectivity index (χ4v) is 4.13. The summed E-state index contributed by atoms with van der Waals surface area (Å²) in [7, 11) is 5.26. The quantitative estimate of drug-likeness (QED) is 0.350. The molecule has 2 N–H and O–H groups in total. The minimum absolute atomic E-state index is 0.141. The summed E-state index contributed by atoms with van der Waals surface area (Å²) in [6.45, 7) is 1.94.